The Hall–Kier alpha value is -3.36. The molecule has 0 saturated carbocycles. The summed E-state index contributed by atoms with van der Waals surface area (Å²) in [7, 11) is 0. The van der Waals surface area contributed by atoms with Gasteiger partial charge < -0.3 is 15.1 Å². The summed E-state index contributed by atoms with van der Waals surface area (Å²) in [6.07, 6.45) is 2.88. The van der Waals surface area contributed by atoms with E-state index in [1.165, 1.54) is 31.5 Å². The van der Waals surface area contributed by atoms with Crippen molar-refractivity contribution in [1.82, 2.24) is 15.1 Å². The number of hydrogen-bond acceptors (Lipinski definition) is 7. The molecule has 0 saturated heterocycles. The third-order valence-electron chi connectivity index (χ3n) is 2.53. The van der Waals surface area contributed by atoms with Crippen LogP contribution < -0.4 is 10.3 Å². The molecule has 22 heavy (non-hydrogen) atoms. The molecule has 0 aliphatic heterocycles. The second kappa shape index (κ2) is 6.39. The summed E-state index contributed by atoms with van der Waals surface area (Å²) in [5.74, 6) is -2.41. The van der Waals surface area contributed by atoms with Crippen LogP contribution in [0.25, 0.3) is 0 Å². The zero-order chi connectivity index (χ0) is 16.1. The van der Waals surface area contributed by atoms with E-state index in [0.29, 0.717) is 10.3 Å². The molecule has 0 atom stereocenters. The predicted octanol–water partition coefficient (Wildman–Crippen LogP) is 0.0554. The normalized spacial score (nSPS) is 11.0. The minimum atomic E-state index is -0.961. The number of rotatable bonds is 4. The zero-order valence-corrected chi connectivity index (χ0v) is 11.4. The van der Waals surface area contributed by atoms with Crippen LogP contribution in [0.2, 0.25) is 0 Å². The number of nitrogens with zero attached hydrogens (tertiary/aromatic N) is 3. The summed E-state index contributed by atoms with van der Waals surface area (Å²) in [6.45, 7) is 1.30. The van der Waals surface area contributed by atoms with Crippen LogP contribution >= 0.6 is 0 Å². The molecule has 0 bridgehead atoms. The molecule has 9 heteroatoms. The number of carbonyl (C=O) groups is 2. The Morgan fingerprint density at radius 2 is 1.77 bits per heavy atom. The van der Waals surface area contributed by atoms with Crippen molar-refractivity contribution in [1.29, 1.82) is 0 Å². The van der Waals surface area contributed by atoms with Crippen molar-refractivity contribution in [2.24, 2.45) is 5.10 Å². The zero-order valence-electron chi connectivity index (χ0n) is 11.4. The summed E-state index contributed by atoms with van der Waals surface area (Å²) in [4.78, 5) is 31.9. The Morgan fingerprint density at radius 3 is 2.36 bits per heavy atom. The summed E-state index contributed by atoms with van der Waals surface area (Å²) < 4.78 is 0.520. The molecule has 0 unspecified atom stereocenters. The van der Waals surface area contributed by atoms with Crippen LogP contribution in [-0.2, 0) is 4.79 Å². The van der Waals surface area contributed by atoms with E-state index >= 15 is 0 Å². The van der Waals surface area contributed by atoms with E-state index in [-0.39, 0.29) is 5.71 Å². The molecular formula is C13H12N4O5. The molecule has 114 valence electrons. The Morgan fingerprint density at radius 1 is 1.18 bits per heavy atom. The predicted molar refractivity (Wildman–Crippen MR) is 74.2 cm³/mol. The summed E-state index contributed by atoms with van der Waals surface area (Å²) in [6, 6.07) is 5.24. The minimum Gasteiger partial charge on any atom is -0.492 e. The van der Waals surface area contributed by atoms with Crippen LogP contribution in [0.15, 0.2) is 41.8 Å². The number of aromatic nitrogens is 2. The highest BCUT2D eigenvalue weighted by Crippen LogP contribution is 2.18. The second-order valence-electron chi connectivity index (χ2n) is 4.10. The van der Waals surface area contributed by atoms with E-state index in [9.17, 15) is 19.8 Å². The third kappa shape index (κ3) is 3.39. The molecule has 0 aliphatic rings. The van der Waals surface area contributed by atoms with Gasteiger partial charge in [-0.15, -0.1) is 4.73 Å². The Balaban J connectivity index is 2.00. The van der Waals surface area contributed by atoms with Gasteiger partial charge in [-0.3, -0.25) is 9.78 Å². The maximum atomic E-state index is 11.7. The topological polar surface area (TPSA) is 126 Å². The number of aromatic hydroxyl groups is 2. The first-order valence-electron chi connectivity index (χ1n) is 6.06. The lowest BCUT2D eigenvalue weighted by molar-refractivity contribution is -0.137. The number of pyridine rings is 1. The van der Waals surface area contributed by atoms with E-state index in [1.54, 1.807) is 0 Å². The van der Waals surface area contributed by atoms with Gasteiger partial charge in [0.05, 0.1) is 0 Å². The molecule has 9 nitrogen and oxygen atoms in total. The van der Waals surface area contributed by atoms with E-state index in [1.807, 2.05) is 0 Å². The van der Waals surface area contributed by atoms with Crippen molar-refractivity contribution in [3.05, 3.63) is 42.2 Å². The lowest BCUT2D eigenvalue weighted by atomic mass is 10.3. The Kier molecular flexibility index (Phi) is 4.37. The number of nitrogens with one attached hydrogen (secondary N) is 1. The number of hydrazone groups is 1. The first kappa shape index (κ1) is 15.0. The van der Waals surface area contributed by atoms with Crippen LogP contribution in [-0.4, -0.2) is 37.5 Å². The van der Waals surface area contributed by atoms with Gasteiger partial charge in [0.25, 0.3) is 5.91 Å². The van der Waals surface area contributed by atoms with Gasteiger partial charge in [0.15, 0.2) is 0 Å². The molecule has 2 aromatic rings. The number of amides is 1. The molecule has 0 fully saturated rings. The molecule has 0 spiro atoms. The summed E-state index contributed by atoms with van der Waals surface area (Å²) in [5, 5.41) is 22.3. The van der Waals surface area contributed by atoms with E-state index in [4.69, 9.17) is 4.84 Å². The summed E-state index contributed by atoms with van der Waals surface area (Å²) in [5.41, 5.74) is 2.31. The van der Waals surface area contributed by atoms with Crippen LogP contribution in [0.4, 0.5) is 0 Å². The van der Waals surface area contributed by atoms with Crippen LogP contribution in [0.1, 0.15) is 17.3 Å². The first-order valence-corrected chi connectivity index (χ1v) is 6.06. The third-order valence-corrected chi connectivity index (χ3v) is 2.53. The smallest absolute Gasteiger partial charge is 0.379 e. The first-order chi connectivity index (χ1) is 10.5. The average molecular weight is 304 g/mol. The van der Waals surface area contributed by atoms with Crippen LogP contribution in [0.5, 0.6) is 11.8 Å². The molecule has 3 N–H and O–H groups in total. The van der Waals surface area contributed by atoms with Gasteiger partial charge in [-0.1, -0.05) is 0 Å². The Bertz CT molecular complexity index is 704. The van der Waals surface area contributed by atoms with Crippen molar-refractivity contribution in [3.8, 4) is 11.8 Å². The maximum absolute atomic E-state index is 11.7. The van der Waals surface area contributed by atoms with Gasteiger partial charge in [-0.05, 0) is 19.1 Å². The van der Waals surface area contributed by atoms with Gasteiger partial charge in [0, 0.05) is 30.1 Å². The summed E-state index contributed by atoms with van der Waals surface area (Å²) >= 11 is 0. The SMILES string of the molecule is CC(=NNC(=O)c1ccncc1)C(=O)On1c(O)ccc1O. The maximum Gasteiger partial charge on any atom is 0.379 e. The standard InChI is InChI=1S/C13H12N4O5/c1-8(13(21)22-17-10(18)2-3-11(17)19)15-16-12(20)9-4-6-14-7-5-9/h2-7,18-19H,1H3,(H,16,20). The fourth-order valence-electron chi connectivity index (χ4n) is 1.39. The highest BCUT2D eigenvalue weighted by Gasteiger charge is 2.15. The van der Waals surface area contributed by atoms with E-state index in [0.717, 1.165) is 12.1 Å². The van der Waals surface area contributed by atoms with Crippen LogP contribution in [0.3, 0.4) is 0 Å². The van der Waals surface area contributed by atoms with E-state index < -0.39 is 23.6 Å². The van der Waals surface area contributed by atoms with Crippen LogP contribution in [0, 0.1) is 0 Å². The molecular weight excluding hydrogens is 292 g/mol. The lowest BCUT2D eigenvalue weighted by Crippen LogP contribution is -2.28. The molecule has 2 aromatic heterocycles. The monoisotopic (exact) mass is 304 g/mol. The second-order valence-corrected chi connectivity index (χ2v) is 4.10. The minimum absolute atomic E-state index is 0.185. The highest BCUT2D eigenvalue weighted by atomic mass is 16.7. The molecule has 2 heterocycles. The average Bonchev–Trinajstić information content (AvgIpc) is 2.84. The van der Waals surface area contributed by atoms with Crippen molar-refractivity contribution < 1.29 is 24.6 Å². The van der Waals surface area contributed by atoms with Crippen molar-refractivity contribution in [2.45, 2.75) is 6.92 Å². The Labute approximate surface area is 124 Å². The van der Waals surface area contributed by atoms with Gasteiger partial charge in [-0.2, -0.15) is 5.10 Å². The number of hydrogen-bond donors (Lipinski definition) is 3. The van der Waals surface area contributed by atoms with Crippen molar-refractivity contribution >= 4 is 17.6 Å². The fraction of sp³-hybridized carbons (Fsp3) is 0.0769. The van der Waals surface area contributed by atoms with Gasteiger partial charge in [0.1, 0.15) is 5.71 Å². The quantitative estimate of drug-likeness (QED) is 0.541. The van der Waals surface area contributed by atoms with Gasteiger partial charge in [0.2, 0.25) is 11.8 Å². The molecule has 0 aliphatic carbocycles. The molecule has 2 rings (SSSR count). The number of carbonyl (C=O) groups excluding carboxylic acids is 2. The fourth-order valence-corrected chi connectivity index (χ4v) is 1.39. The molecule has 1 amide bonds. The van der Waals surface area contributed by atoms with E-state index in [2.05, 4.69) is 15.5 Å². The van der Waals surface area contributed by atoms with Crippen molar-refractivity contribution in [2.75, 3.05) is 0 Å². The van der Waals surface area contributed by atoms with Gasteiger partial charge in [-0.25, -0.2) is 10.2 Å². The lowest BCUT2D eigenvalue weighted by Gasteiger charge is -2.06. The largest absolute Gasteiger partial charge is 0.492 e. The van der Waals surface area contributed by atoms with Crippen molar-refractivity contribution in [3.63, 3.8) is 0 Å². The van der Waals surface area contributed by atoms with Gasteiger partial charge >= 0.3 is 5.97 Å². The molecule has 0 aromatic carbocycles. The highest BCUT2D eigenvalue weighted by molar-refractivity contribution is 6.35. The molecule has 0 radical (unpaired) electrons.